The van der Waals surface area contributed by atoms with Crippen molar-refractivity contribution in [1.82, 2.24) is 10.2 Å². The third kappa shape index (κ3) is 4.77. The Labute approximate surface area is 133 Å². The highest BCUT2D eigenvalue weighted by Crippen LogP contribution is 2.21. The van der Waals surface area contributed by atoms with Crippen molar-refractivity contribution in [3.8, 4) is 0 Å². The molecule has 22 heavy (non-hydrogen) atoms. The summed E-state index contributed by atoms with van der Waals surface area (Å²) in [5.74, 6) is 0. The lowest BCUT2D eigenvalue weighted by Crippen LogP contribution is -2.50. The molecule has 0 saturated carbocycles. The van der Waals surface area contributed by atoms with Gasteiger partial charge in [0.25, 0.3) is 0 Å². The van der Waals surface area contributed by atoms with Gasteiger partial charge in [-0.15, -0.1) is 0 Å². The Morgan fingerprint density at radius 2 is 2.27 bits per heavy atom. The zero-order chi connectivity index (χ0) is 16.2. The second-order valence-corrected chi connectivity index (χ2v) is 7.01. The van der Waals surface area contributed by atoms with E-state index in [0.717, 1.165) is 37.9 Å². The number of carbonyl (C=O) groups is 1. The fourth-order valence-corrected chi connectivity index (χ4v) is 2.73. The molecule has 1 aromatic rings. The molecule has 1 N–H and O–H groups in total. The maximum Gasteiger partial charge on any atom is 0.410 e. The highest BCUT2D eigenvalue weighted by molar-refractivity contribution is 5.68. The summed E-state index contributed by atoms with van der Waals surface area (Å²) in [5.41, 5.74) is 0.677. The minimum Gasteiger partial charge on any atom is -0.472 e. The minimum absolute atomic E-state index is 0.193. The molecule has 1 fully saturated rings. The zero-order valence-corrected chi connectivity index (χ0v) is 14.1. The van der Waals surface area contributed by atoms with Crippen LogP contribution in [0.25, 0.3) is 0 Å². The summed E-state index contributed by atoms with van der Waals surface area (Å²) in [7, 11) is 0. The van der Waals surface area contributed by atoms with Gasteiger partial charge in [0.05, 0.1) is 12.5 Å². The van der Waals surface area contributed by atoms with Crippen LogP contribution in [-0.2, 0) is 4.74 Å². The van der Waals surface area contributed by atoms with Crippen LogP contribution in [0.1, 0.15) is 58.6 Å². The van der Waals surface area contributed by atoms with Gasteiger partial charge in [-0.3, -0.25) is 0 Å². The van der Waals surface area contributed by atoms with Crippen LogP contribution >= 0.6 is 0 Å². The van der Waals surface area contributed by atoms with Crippen LogP contribution < -0.4 is 5.32 Å². The molecule has 0 aromatic carbocycles. The first-order valence-corrected chi connectivity index (χ1v) is 8.12. The van der Waals surface area contributed by atoms with Gasteiger partial charge in [0.1, 0.15) is 5.60 Å². The van der Waals surface area contributed by atoms with Crippen LogP contribution in [0.5, 0.6) is 0 Å². The minimum atomic E-state index is -0.448. The SMILES string of the molecule is CC(NCC1CCCCN1C(=O)OC(C)(C)C)c1ccoc1. The standard InChI is InChI=1S/C17H28N2O3/c1-13(14-8-10-21-12-14)18-11-15-7-5-6-9-19(15)16(20)22-17(2,3)4/h8,10,12-13,15,18H,5-7,9,11H2,1-4H3. The van der Waals surface area contributed by atoms with Gasteiger partial charge >= 0.3 is 6.09 Å². The summed E-state index contributed by atoms with van der Waals surface area (Å²) in [6, 6.07) is 2.36. The van der Waals surface area contributed by atoms with Crippen molar-refractivity contribution in [1.29, 1.82) is 0 Å². The molecule has 1 aliphatic heterocycles. The predicted molar refractivity (Wildman–Crippen MR) is 85.7 cm³/mol. The molecule has 0 radical (unpaired) electrons. The maximum absolute atomic E-state index is 12.4. The summed E-state index contributed by atoms with van der Waals surface area (Å²) < 4.78 is 10.6. The van der Waals surface area contributed by atoms with E-state index in [4.69, 9.17) is 9.15 Å². The topological polar surface area (TPSA) is 54.7 Å². The van der Waals surface area contributed by atoms with Gasteiger partial charge in [0, 0.05) is 30.7 Å². The van der Waals surface area contributed by atoms with Gasteiger partial charge in [-0.25, -0.2) is 4.79 Å². The molecule has 5 heteroatoms. The molecule has 124 valence electrons. The van der Waals surface area contributed by atoms with Crippen LogP contribution in [0.3, 0.4) is 0 Å². The summed E-state index contributed by atoms with van der Waals surface area (Å²) in [6.07, 6.45) is 6.46. The first-order chi connectivity index (χ1) is 10.4. The van der Waals surface area contributed by atoms with Gasteiger partial charge in [-0.1, -0.05) is 0 Å². The fraction of sp³-hybridized carbons (Fsp3) is 0.706. The first-order valence-electron chi connectivity index (χ1n) is 8.12. The Hall–Kier alpha value is -1.49. The predicted octanol–water partition coefficient (Wildman–Crippen LogP) is 3.72. The Balaban J connectivity index is 1.90. The molecule has 2 atom stereocenters. The Morgan fingerprint density at radius 1 is 1.50 bits per heavy atom. The number of furan rings is 1. The van der Waals surface area contributed by atoms with Gasteiger partial charge in [-0.05, 0) is 53.0 Å². The molecule has 1 aromatic heterocycles. The molecular weight excluding hydrogens is 280 g/mol. The second-order valence-electron chi connectivity index (χ2n) is 7.01. The van der Waals surface area contributed by atoms with E-state index in [1.54, 1.807) is 12.5 Å². The second kappa shape index (κ2) is 7.18. The lowest BCUT2D eigenvalue weighted by molar-refractivity contribution is 0.00970. The lowest BCUT2D eigenvalue weighted by atomic mass is 10.0. The van der Waals surface area contributed by atoms with Crippen molar-refractivity contribution in [2.24, 2.45) is 0 Å². The fourth-order valence-electron chi connectivity index (χ4n) is 2.73. The molecule has 0 spiro atoms. The number of ether oxygens (including phenoxy) is 1. The van der Waals surface area contributed by atoms with E-state index in [9.17, 15) is 4.79 Å². The molecule has 5 nitrogen and oxygen atoms in total. The van der Waals surface area contributed by atoms with Crippen molar-refractivity contribution in [3.05, 3.63) is 24.2 Å². The van der Waals surface area contributed by atoms with Crippen molar-refractivity contribution < 1.29 is 13.9 Å². The molecule has 1 amide bonds. The van der Waals surface area contributed by atoms with Crippen molar-refractivity contribution in [3.63, 3.8) is 0 Å². The lowest BCUT2D eigenvalue weighted by Gasteiger charge is -2.37. The van der Waals surface area contributed by atoms with Gasteiger partial charge in [-0.2, -0.15) is 0 Å². The molecule has 0 aliphatic carbocycles. The molecule has 1 saturated heterocycles. The molecule has 2 heterocycles. The zero-order valence-electron chi connectivity index (χ0n) is 14.1. The number of carbonyl (C=O) groups excluding carboxylic acids is 1. The highest BCUT2D eigenvalue weighted by Gasteiger charge is 2.30. The van der Waals surface area contributed by atoms with Crippen molar-refractivity contribution in [2.75, 3.05) is 13.1 Å². The van der Waals surface area contributed by atoms with Crippen LogP contribution in [0.4, 0.5) is 4.79 Å². The normalized spacial score (nSPS) is 20.7. The number of amides is 1. The third-order valence-electron chi connectivity index (χ3n) is 3.96. The largest absolute Gasteiger partial charge is 0.472 e. The number of hydrogen-bond acceptors (Lipinski definition) is 4. The first kappa shape index (κ1) is 16.9. The number of nitrogens with zero attached hydrogens (tertiary/aromatic N) is 1. The number of likely N-dealkylation sites (tertiary alicyclic amines) is 1. The average molecular weight is 308 g/mol. The van der Waals surface area contributed by atoms with E-state index in [0.29, 0.717) is 0 Å². The van der Waals surface area contributed by atoms with Gasteiger partial charge in [0.2, 0.25) is 0 Å². The Morgan fingerprint density at radius 3 is 2.91 bits per heavy atom. The van der Waals surface area contributed by atoms with Crippen molar-refractivity contribution in [2.45, 2.75) is 64.6 Å². The monoisotopic (exact) mass is 308 g/mol. The van der Waals surface area contributed by atoms with E-state index in [-0.39, 0.29) is 18.2 Å². The highest BCUT2D eigenvalue weighted by atomic mass is 16.6. The van der Waals surface area contributed by atoms with E-state index in [1.807, 2.05) is 31.7 Å². The Bertz CT molecular complexity index is 465. The van der Waals surface area contributed by atoms with E-state index in [2.05, 4.69) is 12.2 Å². The summed E-state index contributed by atoms with van der Waals surface area (Å²) in [6.45, 7) is 9.37. The van der Waals surface area contributed by atoms with Gasteiger partial charge in [0.15, 0.2) is 0 Å². The molecule has 0 bridgehead atoms. The third-order valence-corrected chi connectivity index (χ3v) is 3.96. The summed E-state index contributed by atoms with van der Waals surface area (Å²) in [4.78, 5) is 14.2. The Kier molecular flexibility index (Phi) is 5.51. The van der Waals surface area contributed by atoms with E-state index in [1.165, 1.54) is 0 Å². The number of piperidine rings is 1. The van der Waals surface area contributed by atoms with Crippen molar-refractivity contribution >= 4 is 6.09 Å². The smallest absolute Gasteiger partial charge is 0.410 e. The quantitative estimate of drug-likeness (QED) is 0.921. The number of rotatable bonds is 4. The van der Waals surface area contributed by atoms with Crippen LogP contribution in [-0.4, -0.2) is 35.7 Å². The van der Waals surface area contributed by atoms with Crippen LogP contribution in [0.15, 0.2) is 23.0 Å². The van der Waals surface area contributed by atoms with E-state index < -0.39 is 5.60 Å². The van der Waals surface area contributed by atoms with Crippen LogP contribution in [0.2, 0.25) is 0 Å². The molecular formula is C17H28N2O3. The van der Waals surface area contributed by atoms with E-state index >= 15 is 0 Å². The van der Waals surface area contributed by atoms with Gasteiger partial charge < -0.3 is 19.4 Å². The molecule has 2 unspecified atom stereocenters. The summed E-state index contributed by atoms with van der Waals surface area (Å²) >= 11 is 0. The van der Waals surface area contributed by atoms with Crippen LogP contribution in [0, 0.1) is 0 Å². The summed E-state index contributed by atoms with van der Waals surface area (Å²) in [5, 5.41) is 3.49. The molecule has 1 aliphatic rings. The number of hydrogen-bond donors (Lipinski definition) is 1. The molecule has 2 rings (SSSR count). The number of nitrogens with one attached hydrogen (secondary N) is 1. The maximum atomic E-state index is 12.4. The average Bonchev–Trinajstić information content (AvgIpc) is 2.97.